The molecule has 0 radical (unpaired) electrons. The van der Waals surface area contributed by atoms with Crippen LogP contribution in [0.1, 0.15) is 44.9 Å². The van der Waals surface area contributed by atoms with Crippen LogP contribution in [-0.4, -0.2) is 4.32 Å². The van der Waals surface area contributed by atoms with Crippen molar-refractivity contribution in [2.24, 2.45) is 58.7 Å². The third-order valence-corrected chi connectivity index (χ3v) is 11.1. The lowest BCUT2D eigenvalue weighted by Gasteiger charge is -2.85. The first-order valence-electron chi connectivity index (χ1n) is 8.90. The molecule has 0 N–H and O–H groups in total. The third kappa shape index (κ3) is 0.795. The molecule has 0 aliphatic heterocycles. The normalized spacial score (nSPS) is 80.4. The van der Waals surface area contributed by atoms with Crippen LogP contribution in [0.2, 0.25) is 0 Å². The molecule has 0 heterocycles. The summed E-state index contributed by atoms with van der Waals surface area (Å²) in [5, 5.41) is 0. The SMILES string of the molecule is Br[C@]12C[C@H]3C[C@@H]4[C@@H]5[C@@H]6C[C@H]7C[C@@H]([C@H]6C[C@H]41)[C@H]2[C@]5(C3)C7. The molecule has 0 unspecified atom stereocenters. The highest BCUT2D eigenvalue weighted by Gasteiger charge is 2.81. The van der Waals surface area contributed by atoms with Gasteiger partial charge in [-0.15, -0.1) is 0 Å². The summed E-state index contributed by atoms with van der Waals surface area (Å²) in [6.07, 6.45) is 11.4. The fraction of sp³-hybridized carbons (Fsp3) is 1.00. The lowest BCUT2D eigenvalue weighted by Crippen LogP contribution is -2.81. The molecule has 1 heteroatoms. The molecule has 0 nitrogen and oxygen atoms in total. The van der Waals surface area contributed by atoms with Crippen molar-refractivity contribution in [2.75, 3.05) is 0 Å². The molecule has 0 amide bonds. The van der Waals surface area contributed by atoms with E-state index in [0.717, 1.165) is 40.9 Å². The van der Waals surface area contributed by atoms with Crippen molar-refractivity contribution >= 4 is 15.9 Å². The van der Waals surface area contributed by atoms with Crippen LogP contribution >= 0.6 is 15.9 Å². The van der Waals surface area contributed by atoms with Crippen LogP contribution in [-0.2, 0) is 0 Å². The molecule has 11 bridgehead atoms. The summed E-state index contributed by atoms with van der Waals surface area (Å²) in [6, 6.07) is 0. The van der Waals surface area contributed by atoms with Crippen LogP contribution in [0, 0.1) is 58.7 Å². The minimum atomic E-state index is 0.629. The van der Waals surface area contributed by atoms with Gasteiger partial charge in [-0.2, -0.15) is 0 Å². The Kier molecular flexibility index (Phi) is 1.41. The number of halogens is 1. The number of alkyl halides is 1. The van der Waals surface area contributed by atoms with Crippen LogP contribution in [0.4, 0.5) is 0 Å². The van der Waals surface area contributed by atoms with Gasteiger partial charge in [-0.3, -0.25) is 0 Å². The minimum Gasteiger partial charge on any atom is -0.0847 e. The average molecular weight is 319 g/mol. The van der Waals surface area contributed by atoms with E-state index in [1.807, 2.05) is 0 Å². The number of hydrogen-bond acceptors (Lipinski definition) is 0. The predicted octanol–water partition coefficient (Wildman–Crippen LogP) is 4.48. The molecule has 0 aromatic rings. The molecule has 0 aromatic carbocycles. The van der Waals surface area contributed by atoms with Crippen molar-refractivity contribution in [1.82, 2.24) is 0 Å². The quantitative estimate of drug-likeness (QED) is 0.578. The summed E-state index contributed by atoms with van der Waals surface area (Å²) in [7, 11) is 0. The van der Waals surface area contributed by atoms with Gasteiger partial charge < -0.3 is 0 Å². The second-order valence-corrected chi connectivity index (χ2v) is 11.2. The van der Waals surface area contributed by atoms with Crippen LogP contribution in [0.3, 0.4) is 0 Å². The van der Waals surface area contributed by atoms with Gasteiger partial charge in [0.1, 0.15) is 0 Å². The Hall–Kier alpha value is 0.480. The maximum absolute atomic E-state index is 4.43. The molecular formula is C18H23Br. The average Bonchev–Trinajstić information content (AvgIpc) is 2.34. The zero-order valence-corrected chi connectivity index (χ0v) is 13.1. The zero-order valence-electron chi connectivity index (χ0n) is 11.5. The Balaban J connectivity index is 1.58. The highest BCUT2D eigenvalue weighted by Crippen LogP contribution is 2.86. The highest BCUT2D eigenvalue weighted by molar-refractivity contribution is 9.10. The van der Waals surface area contributed by atoms with Gasteiger partial charge in [-0.25, -0.2) is 0 Å². The second kappa shape index (κ2) is 2.61. The number of rotatable bonds is 0. The summed E-state index contributed by atoms with van der Waals surface area (Å²) >= 11 is 4.43. The molecule has 10 saturated carbocycles. The smallest absolute Gasteiger partial charge is 0.0327 e. The molecule has 10 aliphatic carbocycles. The van der Waals surface area contributed by atoms with Crippen molar-refractivity contribution in [2.45, 2.75) is 49.3 Å². The Bertz CT molecular complexity index is 510. The van der Waals surface area contributed by atoms with Gasteiger partial charge in [-0.1, -0.05) is 15.9 Å². The molecule has 10 aliphatic rings. The van der Waals surface area contributed by atoms with Gasteiger partial charge in [-0.05, 0) is 104 Å². The van der Waals surface area contributed by atoms with E-state index in [-0.39, 0.29) is 0 Å². The van der Waals surface area contributed by atoms with Gasteiger partial charge >= 0.3 is 0 Å². The fourth-order valence-corrected chi connectivity index (χ4v) is 12.1. The van der Waals surface area contributed by atoms with Crippen molar-refractivity contribution < 1.29 is 0 Å². The maximum atomic E-state index is 4.43. The van der Waals surface area contributed by atoms with E-state index in [0.29, 0.717) is 4.32 Å². The predicted molar refractivity (Wildman–Crippen MR) is 77.8 cm³/mol. The van der Waals surface area contributed by atoms with Crippen LogP contribution in [0.5, 0.6) is 0 Å². The van der Waals surface area contributed by atoms with E-state index in [9.17, 15) is 0 Å². The highest BCUT2D eigenvalue weighted by atomic mass is 79.9. The standard InChI is InChI=1S/C18H23Br/c19-18-7-9-3-13-14(18)4-10-11-1-8-2-12(10)16(18)17(5-8,6-9)15(11)13/h8-16H,1-7H2/t8-,9-,10-,11+,12-,13-,14+,15-,16-,17-,18+/m0/s1. The lowest BCUT2D eigenvalue weighted by molar-refractivity contribution is -0.335. The maximum Gasteiger partial charge on any atom is 0.0327 e. The molecular weight excluding hydrogens is 296 g/mol. The molecule has 10 fully saturated rings. The van der Waals surface area contributed by atoms with E-state index in [2.05, 4.69) is 15.9 Å². The molecule has 11 atom stereocenters. The Labute approximate surface area is 124 Å². The van der Waals surface area contributed by atoms with E-state index in [1.165, 1.54) is 17.8 Å². The Morgan fingerprint density at radius 3 is 2.47 bits per heavy atom. The van der Waals surface area contributed by atoms with Gasteiger partial charge in [0.15, 0.2) is 0 Å². The first kappa shape index (κ1) is 10.2. The molecule has 10 rings (SSSR count). The van der Waals surface area contributed by atoms with E-state index in [4.69, 9.17) is 0 Å². The molecule has 19 heavy (non-hydrogen) atoms. The van der Waals surface area contributed by atoms with Crippen molar-refractivity contribution in [1.29, 1.82) is 0 Å². The van der Waals surface area contributed by atoms with Crippen molar-refractivity contribution in [3.05, 3.63) is 0 Å². The van der Waals surface area contributed by atoms with Crippen LogP contribution < -0.4 is 0 Å². The van der Waals surface area contributed by atoms with Crippen molar-refractivity contribution in [3.8, 4) is 0 Å². The third-order valence-electron chi connectivity index (χ3n) is 9.67. The van der Waals surface area contributed by atoms with Gasteiger partial charge in [0, 0.05) is 4.32 Å². The summed E-state index contributed by atoms with van der Waals surface area (Å²) in [5.41, 5.74) is 0.860. The van der Waals surface area contributed by atoms with Crippen molar-refractivity contribution in [3.63, 3.8) is 0 Å². The summed E-state index contributed by atoms with van der Waals surface area (Å²) in [6.45, 7) is 0. The fourth-order valence-electron chi connectivity index (χ4n) is 10.3. The molecule has 1 spiro atoms. The van der Waals surface area contributed by atoms with Gasteiger partial charge in [0.2, 0.25) is 0 Å². The van der Waals surface area contributed by atoms with E-state index >= 15 is 0 Å². The Morgan fingerprint density at radius 1 is 0.737 bits per heavy atom. The molecule has 0 aromatic heterocycles. The monoisotopic (exact) mass is 318 g/mol. The second-order valence-electron chi connectivity index (χ2n) is 9.71. The van der Waals surface area contributed by atoms with E-state index in [1.54, 1.807) is 44.9 Å². The topological polar surface area (TPSA) is 0 Å². The van der Waals surface area contributed by atoms with Gasteiger partial charge in [0.05, 0.1) is 0 Å². The summed E-state index contributed by atoms with van der Waals surface area (Å²) in [5.74, 6) is 10.4. The lowest BCUT2D eigenvalue weighted by atomic mass is 9.22. The largest absolute Gasteiger partial charge is 0.0847 e. The summed E-state index contributed by atoms with van der Waals surface area (Å²) in [4.78, 5) is 0. The number of hydrogen-bond donors (Lipinski definition) is 0. The van der Waals surface area contributed by atoms with Gasteiger partial charge in [0.25, 0.3) is 0 Å². The first-order chi connectivity index (χ1) is 9.21. The zero-order chi connectivity index (χ0) is 12.1. The molecule has 102 valence electrons. The van der Waals surface area contributed by atoms with Crippen LogP contribution in [0.15, 0.2) is 0 Å². The minimum absolute atomic E-state index is 0.629. The Morgan fingerprint density at radius 2 is 1.53 bits per heavy atom. The molecule has 0 saturated heterocycles. The van der Waals surface area contributed by atoms with Crippen LogP contribution in [0.25, 0.3) is 0 Å². The first-order valence-corrected chi connectivity index (χ1v) is 9.69. The van der Waals surface area contributed by atoms with E-state index < -0.39 is 0 Å². The summed E-state index contributed by atoms with van der Waals surface area (Å²) < 4.78 is 0.629.